The first-order chi connectivity index (χ1) is 8.65. The number of benzene rings is 2. The van der Waals surface area contributed by atoms with Crippen LogP contribution in [-0.2, 0) is 4.74 Å². The van der Waals surface area contributed by atoms with Crippen molar-refractivity contribution in [3.63, 3.8) is 0 Å². The second-order valence-corrected chi connectivity index (χ2v) is 3.61. The number of hydrogen-bond acceptors (Lipinski definition) is 4. The van der Waals surface area contributed by atoms with Gasteiger partial charge in [0.05, 0.1) is 11.1 Å². The zero-order chi connectivity index (χ0) is 13.1. The largest absolute Gasteiger partial charge is 0.478 e. The molecule has 0 saturated heterocycles. The van der Waals surface area contributed by atoms with Gasteiger partial charge in [0.1, 0.15) is 6.73 Å². The van der Waals surface area contributed by atoms with E-state index in [2.05, 4.69) is 0 Å². The van der Waals surface area contributed by atoms with Crippen LogP contribution in [0.3, 0.4) is 0 Å². The zero-order valence-electron chi connectivity index (χ0n) is 9.42. The van der Waals surface area contributed by atoms with Gasteiger partial charge in [0.25, 0.3) is 0 Å². The van der Waals surface area contributed by atoms with E-state index in [1.807, 2.05) is 0 Å². The van der Waals surface area contributed by atoms with Gasteiger partial charge >= 0.3 is 11.9 Å². The monoisotopic (exact) mass is 245 g/mol. The molecule has 0 saturated carbocycles. The number of fused-ring (bicyclic) bond motifs is 1. The second-order valence-electron chi connectivity index (χ2n) is 3.61. The normalized spacial score (nSPS) is 10.3. The summed E-state index contributed by atoms with van der Waals surface area (Å²) in [5.41, 5.74) is 5.42. The highest BCUT2D eigenvalue weighted by molar-refractivity contribution is 6.12. The Bertz CT molecular complexity index is 616. The molecule has 3 N–H and O–H groups in total. The van der Waals surface area contributed by atoms with Crippen LogP contribution in [0.4, 0.5) is 0 Å². The van der Waals surface area contributed by atoms with Gasteiger partial charge in [-0.25, -0.2) is 9.59 Å². The minimum Gasteiger partial charge on any atom is -0.478 e. The molecule has 92 valence electrons. The summed E-state index contributed by atoms with van der Waals surface area (Å²) in [6, 6.07) is 9.74. The van der Waals surface area contributed by atoms with Crippen LogP contribution >= 0.6 is 0 Å². The summed E-state index contributed by atoms with van der Waals surface area (Å²) in [6.45, 7) is -0.246. The van der Waals surface area contributed by atoms with Crippen LogP contribution < -0.4 is 5.73 Å². The molecular formula is C13H11NO4. The van der Waals surface area contributed by atoms with Crippen molar-refractivity contribution in [2.45, 2.75) is 0 Å². The summed E-state index contributed by atoms with van der Waals surface area (Å²) >= 11 is 0. The van der Waals surface area contributed by atoms with Crippen LogP contribution in [0.5, 0.6) is 0 Å². The fourth-order valence-corrected chi connectivity index (χ4v) is 1.84. The predicted molar refractivity (Wildman–Crippen MR) is 65.4 cm³/mol. The van der Waals surface area contributed by atoms with Crippen molar-refractivity contribution in [2.75, 3.05) is 6.73 Å². The predicted octanol–water partition coefficient (Wildman–Crippen LogP) is 1.61. The Morgan fingerprint density at radius 3 is 2.28 bits per heavy atom. The Balaban J connectivity index is 2.73. The van der Waals surface area contributed by atoms with Gasteiger partial charge in [-0.05, 0) is 17.5 Å². The molecule has 0 radical (unpaired) electrons. The van der Waals surface area contributed by atoms with Gasteiger partial charge in [0.2, 0.25) is 0 Å². The quantitative estimate of drug-likeness (QED) is 0.633. The van der Waals surface area contributed by atoms with Crippen molar-refractivity contribution in [3.05, 3.63) is 47.5 Å². The number of esters is 1. The van der Waals surface area contributed by atoms with Crippen molar-refractivity contribution in [1.82, 2.24) is 0 Å². The number of ether oxygens (including phenoxy) is 1. The maximum atomic E-state index is 11.7. The van der Waals surface area contributed by atoms with Crippen molar-refractivity contribution in [1.29, 1.82) is 0 Å². The molecule has 5 nitrogen and oxygen atoms in total. The van der Waals surface area contributed by atoms with Gasteiger partial charge in [0, 0.05) is 5.39 Å². The minimum absolute atomic E-state index is 0.0667. The summed E-state index contributed by atoms with van der Waals surface area (Å²) in [5, 5.41) is 10.2. The molecule has 0 aromatic heterocycles. The summed E-state index contributed by atoms with van der Waals surface area (Å²) in [4.78, 5) is 22.9. The third kappa shape index (κ3) is 2.03. The van der Waals surface area contributed by atoms with Crippen LogP contribution in [0, 0.1) is 0 Å². The zero-order valence-corrected chi connectivity index (χ0v) is 9.42. The molecule has 0 amide bonds. The average Bonchev–Trinajstić information content (AvgIpc) is 2.37. The minimum atomic E-state index is -1.09. The maximum absolute atomic E-state index is 11.7. The molecule has 0 unspecified atom stereocenters. The lowest BCUT2D eigenvalue weighted by Gasteiger charge is -2.08. The fraction of sp³-hybridized carbons (Fsp3) is 0.0769. The molecular weight excluding hydrogens is 234 g/mol. The summed E-state index contributed by atoms with van der Waals surface area (Å²) in [6.07, 6.45) is 0. The molecule has 2 aromatic rings. The van der Waals surface area contributed by atoms with E-state index < -0.39 is 11.9 Å². The molecule has 0 aliphatic heterocycles. The molecule has 0 aliphatic rings. The highest BCUT2D eigenvalue weighted by Gasteiger charge is 2.16. The smallest absolute Gasteiger partial charge is 0.340 e. The van der Waals surface area contributed by atoms with Crippen LogP contribution in [-0.4, -0.2) is 23.8 Å². The van der Waals surface area contributed by atoms with E-state index in [0.717, 1.165) is 0 Å². The Morgan fingerprint density at radius 2 is 1.72 bits per heavy atom. The van der Waals surface area contributed by atoms with Crippen LogP contribution in [0.25, 0.3) is 10.8 Å². The van der Waals surface area contributed by atoms with Gasteiger partial charge in [0.15, 0.2) is 0 Å². The molecule has 0 atom stereocenters. The van der Waals surface area contributed by atoms with E-state index in [9.17, 15) is 9.59 Å². The first-order valence-corrected chi connectivity index (χ1v) is 5.27. The maximum Gasteiger partial charge on any atom is 0.340 e. The van der Waals surface area contributed by atoms with Gasteiger partial charge in [-0.1, -0.05) is 24.3 Å². The van der Waals surface area contributed by atoms with Crippen LogP contribution in [0.2, 0.25) is 0 Å². The number of carboxylic acid groups (broad SMARTS) is 1. The second kappa shape index (κ2) is 4.85. The highest BCUT2D eigenvalue weighted by Crippen LogP contribution is 2.23. The van der Waals surface area contributed by atoms with Gasteiger partial charge in [-0.15, -0.1) is 0 Å². The lowest BCUT2D eigenvalue weighted by molar-refractivity contribution is 0.0517. The lowest BCUT2D eigenvalue weighted by atomic mass is 9.99. The molecule has 0 aliphatic carbocycles. The molecule has 0 fully saturated rings. The summed E-state index contributed by atoms with van der Waals surface area (Å²) < 4.78 is 4.72. The van der Waals surface area contributed by atoms with Gasteiger partial charge in [-0.3, -0.25) is 5.73 Å². The van der Waals surface area contributed by atoms with E-state index in [1.165, 1.54) is 12.1 Å². The van der Waals surface area contributed by atoms with Crippen LogP contribution in [0.1, 0.15) is 20.7 Å². The van der Waals surface area contributed by atoms with Gasteiger partial charge in [-0.2, -0.15) is 0 Å². The number of aromatic carboxylic acids is 1. The van der Waals surface area contributed by atoms with Crippen LogP contribution in [0.15, 0.2) is 36.4 Å². The van der Waals surface area contributed by atoms with Crippen molar-refractivity contribution in [3.8, 4) is 0 Å². The standard InChI is InChI=1S/C13H11NO4/c14-7-18-13(17)10-6-2-4-8-3-1-5-9(11(8)10)12(15)16/h1-6H,7,14H2,(H,15,16). The molecule has 18 heavy (non-hydrogen) atoms. The SMILES string of the molecule is NCOC(=O)c1cccc2cccc(C(=O)O)c12. The number of carbonyl (C=O) groups excluding carboxylic acids is 1. The summed E-state index contributed by atoms with van der Waals surface area (Å²) in [7, 11) is 0. The van der Waals surface area contributed by atoms with E-state index >= 15 is 0 Å². The molecule has 0 spiro atoms. The van der Waals surface area contributed by atoms with E-state index in [-0.39, 0.29) is 17.9 Å². The van der Waals surface area contributed by atoms with E-state index in [0.29, 0.717) is 10.8 Å². The van der Waals surface area contributed by atoms with Gasteiger partial charge < -0.3 is 9.84 Å². The van der Waals surface area contributed by atoms with Crippen molar-refractivity contribution >= 4 is 22.7 Å². The number of rotatable bonds is 3. The first kappa shape index (κ1) is 12.1. The fourth-order valence-electron chi connectivity index (χ4n) is 1.84. The molecule has 0 heterocycles. The number of hydrogen-bond donors (Lipinski definition) is 2. The molecule has 2 rings (SSSR count). The number of carboxylic acids is 1. The van der Waals surface area contributed by atoms with E-state index in [4.69, 9.17) is 15.6 Å². The highest BCUT2D eigenvalue weighted by atomic mass is 16.5. The average molecular weight is 245 g/mol. The Morgan fingerprint density at radius 1 is 1.11 bits per heavy atom. The van der Waals surface area contributed by atoms with E-state index in [1.54, 1.807) is 24.3 Å². The third-order valence-electron chi connectivity index (χ3n) is 2.57. The molecule has 2 aromatic carbocycles. The Kier molecular flexibility index (Phi) is 3.25. The Labute approximate surface area is 103 Å². The lowest BCUT2D eigenvalue weighted by Crippen LogP contribution is -2.13. The third-order valence-corrected chi connectivity index (χ3v) is 2.57. The summed E-state index contributed by atoms with van der Waals surface area (Å²) in [5.74, 6) is -1.72. The number of nitrogens with two attached hydrogens (primary N) is 1. The molecule has 0 bridgehead atoms. The molecule has 5 heteroatoms. The Hall–Kier alpha value is -2.40. The van der Waals surface area contributed by atoms with Crippen molar-refractivity contribution in [2.24, 2.45) is 5.73 Å². The first-order valence-electron chi connectivity index (χ1n) is 5.27. The van der Waals surface area contributed by atoms with Crippen molar-refractivity contribution < 1.29 is 19.4 Å². The topological polar surface area (TPSA) is 89.6 Å². The number of carbonyl (C=O) groups is 2.